The summed E-state index contributed by atoms with van der Waals surface area (Å²) in [6, 6.07) is 4.15. The van der Waals surface area contributed by atoms with Crippen molar-refractivity contribution in [2.24, 2.45) is 5.92 Å². The lowest BCUT2D eigenvalue weighted by atomic mass is 10.3. The van der Waals surface area contributed by atoms with E-state index in [2.05, 4.69) is 53.0 Å². The maximum Gasteiger partial charge on any atom is 0.191 e. The number of rotatable bonds is 5. The molecule has 2 rings (SSSR count). The minimum atomic E-state index is 0.673. The predicted molar refractivity (Wildman–Crippen MR) is 74.6 cm³/mol. The molecule has 0 bridgehead atoms. The van der Waals surface area contributed by atoms with Gasteiger partial charge in [-0.3, -0.25) is 0 Å². The molecule has 0 radical (unpaired) electrons. The Labute approximate surface area is 110 Å². The van der Waals surface area contributed by atoms with Crippen LogP contribution in [-0.2, 0) is 6.54 Å². The molecular formula is C12H17N3S2. The number of thioether (sulfide) groups is 1. The van der Waals surface area contributed by atoms with Gasteiger partial charge < -0.3 is 4.57 Å². The van der Waals surface area contributed by atoms with Gasteiger partial charge in [-0.25, -0.2) is 0 Å². The molecule has 0 saturated carbocycles. The fraction of sp³-hybridized carbons (Fsp3) is 0.500. The van der Waals surface area contributed by atoms with E-state index < -0.39 is 0 Å². The molecule has 2 heterocycles. The first-order chi connectivity index (χ1) is 8.22. The normalized spacial score (nSPS) is 11.3. The van der Waals surface area contributed by atoms with Crippen LogP contribution in [0.1, 0.15) is 20.8 Å². The molecule has 5 heteroatoms. The molecule has 2 aromatic rings. The van der Waals surface area contributed by atoms with E-state index in [4.69, 9.17) is 0 Å². The highest BCUT2D eigenvalue weighted by molar-refractivity contribution is 7.99. The SMILES string of the molecule is CCn1c(SCC(C)C)nnc1-c1cccs1. The van der Waals surface area contributed by atoms with Crippen LogP contribution in [0, 0.1) is 5.92 Å². The standard InChI is InChI=1S/C12H17N3S2/c1-4-15-11(10-6-5-7-16-10)13-14-12(15)17-8-9(2)3/h5-7,9H,4,8H2,1-3H3. The second-order valence-corrected chi connectivity index (χ2v) is 6.17. The Kier molecular flexibility index (Phi) is 4.23. The zero-order chi connectivity index (χ0) is 12.3. The summed E-state index contributed by atoms with van der Waals surface area (Å²) in [5.74, 6) is 2.75. The van der Waals surface area contributed by atoms with Gasteiger partial charge in [0, 0.05) is 12.3 Å². The Morgan fingerprint density at radius 1 is 1.41 bits per heavy atom. The van der Waals surface area contributed by atoms with Gasteiger partial charge in [0.1, 0.15) is 0 Å². The molecule has 0 atom stereocenters. The highest BCUT2D eigenvalue weighted by Crippen LogP contribution is 2.27. The van der Waals surface area contributed by atoms with Crippen molar-refractivity contribution in [3.63, 3.8) is 0 Å². The molecule has 0 aromatic carbocycles. The molecular weight excluding hydrogens is 250 g/mol. The van der Waals surface area contributed by atoms with Crippen molar-refractivity contribution in [3.8, 4) is 10.7 Å². The second kappa shape index (κ2) is 5.69. The Morgan fingerprint density at radius 3 is 2.82 bits per heavy atom. The average molecular weight is 267 g/mol. The molecule has 0 aliphatic rings. The molecule has 17 heavy (non-hydrogen) atoms. The van der Waals surface area contributed by atoms with Crippen molar-refractivity contribution >= 4 is 23.1 Å². The lowest BCUT2D eigenvalue weighted by Crippen LogP contribution is -2.00. The minimum absolute atomic E-state index is 0.673. The monoisotopic (exact) mass is 267 g/mol. The maximum absolute atomic E-state index is 4.31. The van der Waals surface area contributed by atoms with Crippen LogP contribution in [0.25, 0.3) is 10.7 Å². The van der Waals surface area contributed by atoms with Gasteiger partial charge in [0.15, 0.2) is 11.0 Å². The van der Waals surface area contributed by atoms with Gasteiger partial charge in [-0.2, -0.15) is 0 Å². The third-order valence-corrected chi connectivity index (χ3v) is 4.58. The molecule has 0 aliphatic carbocycles. The van der Waals surface area contributed by atoms with Crippen LogP contribution in [0.3, 0.4) is 0 Å². The van der Waals surface area contributed by atoms with Gasteiger partial charge in [0.25, 0.3) is 0 Å². The Bertz CT molecular complexity index is 460. The van der Waals surface area contributed by atoms with E-state index in [1.54, 1.807) is 23.1 Å². The van der Waals surface area contributed by atoms with Crippen LogP contribution in [0.15, 0.2) is 22.7 Å². The third kappa shape index (κ3) is 2.90. The number of aromatic nitrogens is 3. The topological polar surface area (TPSA) is 30.7 Å². The van der Waals surface area contributed by atoms with E-state index in [0.717, 1.165) is 23.3 Å². The zero-order valence-electron chi connectivity index (χ0n) is 10.4. The summed E-state index contributed by atoms with van der Waals surface area (Å²) >= 11 is 3.50. The lowest BCUT2D eigenvalue weighted by Gasteiger charge is -2.07. The first kappa shape index (κ1) is 12.6. The first-order valence-electron chi connectivity index (χ1n) is 5.82. The predicted octanol–water partition coefficient (Wildman–Crippen LogP) is 3.77. The van der Waals surface area contributed by atoms with E-state index >= 15 is 0 Å². The summed E-state index contributed by atoms with van der Waals surface area (Å²) in [5.41, 5.74) is 0. The summed E-state index contributed by atoms with van der Waals surface area (Å²) in [4.78, 5) is 1.19. The zero-order valence-corrected chi connectivity index (χ0v) is 12.0. The summed E-state index contributed by atoms with van der Waals surface area (Å²) in [7, 11) is 0. The summed E-state index contributed by atoms with van der Waals surface area (Å²) in [6.45, 7) is 7.50. The number of hydrogen-bond acceptors (Lipinski definition) is 4. The fourth-order valence-electron chi connectivity index (χ4n) is 1.51. The van der Waals surface area contributed by atoms with Crippen molar-refractivity contribution < 1.29 is 0 Å². The fourth-order valence-corrected chi connectivity index (χ4v) is 3.18. The van der Waals surface area contributed by atoms with Gasteiger partial charge in [0.05, 0.1) is 4.88 Å². The largest absolute Gasteiger partial charge is 0.302 e. The van der Waals surface area contributed by atoms with Crippen LogP contribution >= 0.6 is 23.1 Å². The molecule has 3 nitrogen and oxygen atoms in total. The van der Waals surface area contributed by atoms with Gasteiger partial charge >= 0.3 is 0 Å². The first-order valence-corrected chi connectivity index (χ1v) is 7.68. The van der Waals surface area contributed by atoms with Crippen LogP contribution in [0.5, 0.6) is 0 Å². The van der Waals surface area contributed by atoms with E-state index in [1.165, 1.54) is 4.88 Å². The van der Waals surface area contributed by atoms with Crippen LogP contribution in [0.4, 0.5) is 0 Å². The highest BCUT2D eigenvalue weighted by Gasteiger charge is 2.13. The molecule has 92 valence electrons. The molecule has 0 fully saturated rings. The Morgan fingerprint density at radius 2 is 2.24 bits per heavy atom. The molecule has 0 aliphatic heterocycles. The average Bonchev–Trinajstić information content (AvgIpc) is 2.94. The van der Waals surface area contributed by atoms with Crippen LogP contribution in [-0.4, -0.2) is 20.5 Å². The van der Waals surface area contributed by atoms with Gasteiger partial charge in [0.2, 0.25) is 0 Å². The summed E-state index contributed by atoms with van der Waals surface area (Å²) in [6.07, 6.45) is 0. The van der Waals surface area contributed by atoms with E-state index in [0.29, 0.717) is 5.92 Å². The summed E-state index contributed by atoms with van der Waals surface area (Å²) < 4.78 is 2.19. The van der Waals surface area contributed by atoms with E-state index in [-0.39, 0.29) is 0 Å². The van der Waals surface area contributed by atoms with Crippen LogP contribution in [0.2, 0.25) is 0 Å². The van der Waals surface area contributed by atoms with Crippen molar-refractivity contribution in [3.05, 3.63) is 17.5 Å². The third-order valence-electron chi connectivity index (χ3n) is 2.32. The smallest absolute Gasteiger partial charge is 0.191 e. The van der Waals surface area contributed by atoms with Gasteiger partial charge in [-0.15, -0.1) is 21.5 Å². The van der Waals surface area contributed by atoms with Gasteiger partial charge in [-0.1, -0.05) is 31.7 Å². The maximum atomic E-state index is 4.31. The molecule has 0 amide bonds. The van der Waals surface area contributed by atoms with E-state index in [9.17, 15) is 0 Å². The molecule has 2 aromatic heterocycles. The van der Waals surface area contributed by atoms with Gasteiger partial charge in [-0.05, 0) is 24.3 Å². The van der Waals surface area contributed by atoms with Crippen molar-refractivity contribution in [2.45, 2.75) is 32.5 Å². The molecule has 0 N–H and O–H groups in total. The molecule has 0 spiro atoms. The number of nitrogens with zero attached hydrogens (tertiary/aromatic N) is 3. The van der Waals surface area contributed by atoms with E-state index in [1.807, 2.05) is 0 Å². The minimum Gasteiger partial charge on any atom is -0.302 e. The van der Waals surface area contributed by atoms with Crippen LogP contribution < -0.4 is 0 Å². The molecule has 0 saturated heterocycles. The quantitative estimate of drug-likeness (QED) is 0.773. The van der Waals surface area contributed by atoms with Crippen molar-refractivity contribution in [1.82, 2.24) is 14.8 Å². The highest BCUT2D eigenvalue weighted by atomic mass is 32.2. The Balaban J connectivity index is 2.24. The second-order valence-electron chi connectivity index (χ2n) is 4.23. The Hall–Kier alpha value is -0.810. The van der Waals surface area contributed by atoms with Crippen molar-refractivity contribution in [2.75, 3.05) is 5.75 Å². The number of thiophene rings is 1. The van der Waals surface area contributed by atoms with Crippen molar-refractivity contribution in [1.29, 1.82) is 0 Å². The number of hydrogen-bond donors (Lipinski definition) is 0. The lowest BCUT2D eigenvalue weighted by molar-refractivity contribution is 0.682. The summed E-state index contributed by atoms with van der Waals surface area (Å²) in [5, 5.41) is 11.7. The molecule has 0 unspecified atom stereocenters.